The predicted molar refractivity (Wildman–Crippen MR) is 163 cm³/mol. The molecule has 10 heteroatoms. The van der Waals surface area contributed by atoms with Crippen molar-refractivity contribution in [2.45, 2.75) is 32.7 Å². The molecule has 0 radical (unpaired) electrons. The van der Waals surface area contributed by atoms with Crippen LogP contribution >= 0.6 is 0 Å². The van der Waals surface area contributed by atoms with Gasteiger partial charge in [-0.3, -0.25) is 4.79 Å². The summed E-state index contributed by atoms with van der Waals surface area (Å²) in [6, 6.07) is 19.3. The number of hydrogen-bond donors (Lipinski definition) is 1. The Bertz CT molecular complexity index is 1640. The van der Waals surface area contributed by atoms with Crippen LogP contribution in [-0.4, -0.2) is 69.2 Å². The standard InChI is InChI=1S/C32H36N8O2/c1-32(2,20-38(3)4)17-23(18-33)31(41)39-16-8-9-24(19-39)40-30-27(29(34)35-21-36-30)28(37-40)22-12-14-26(15-13-22)42-25-10-6-5-7-11-25/h5-7,10-15,17,21,24H,8-9,16,19-20H2,1-4H3,(H2,34,35,36)/b23-17+/t24-/m1/s1. The molecule has 1 atom stereocenters. The van der Waals surface area contributed by atoms with Crippen LogP contribution < -0.4 is 10.5 Å². The Morgan fingerprint density at radius 1 is 1.14 bits per heavy atom. The molecule has 0 aliphatic carbocycles. The highest BCUT2D eigenvalue weighted by molar-refractivity contribution is 5.99. The van der Waals surface area contributed by atoms with Gasteiger partial charge in [-0.25, -0.2) is 14.6 Å². The average Bonchev–Trinajstić information content (AvgIpc) is 3.37. The second-order valence-electron chi connectivity index (χ2n) is 11.6. The summed E-state index contributed by atoms with van der Waals surface area (Å²) in [4.78, 5) is 26.1. The molecule has 0 saturated carbocycles. The smallest absolute Gasteiger partial charge is 0.264 e. The number of carbonyl (C=O) groups is 1. The van der Waals surface area contributed by atoms with Crippen molar-refractivity contribution in [1.82, 2.24) is 29.5 Å². The van der Waals surface area contributed by atoms with Gasteiger partial charge in [-0.15, -0.1) is 0 Å². The number of ether oxygens (including phenoxy) is 1. The number of amides is 1. The Hall–Kier alpha value is -4.75. The summed E-state index contributed by atoms with van der Waals surface area (Å²) >= 11 is 0. The van der Waals surface area contributed by atoms with E-state index in [0.717, 1.165) is 30.7 Å². The lowest BCUT2D eigenvalue weighted by atomic mass is 9.90. The molecule has 10 nitrogen and oxygen atoms in total. The van der Waals surface area contributed by atoms with Crippen molar-refractivity contribution >= 4 is 22.8 Å². The number of anilines is 1. The molecule has 2 aromatic heterocycles. The first-order chi connectivity index (χ1) is 20.1. The van der Waals surface area contributed by atoms with E-state index in [1.54, 1.807) is 11.0 Å². The van der Waals surface area contributed by atoms with Crippen LogP contribution in [0.15, 0.2) is 72.6 Å². The third-order valence-corrected chi connectivity index (χ3v) is 7.26. The lowest BCUT2D eigenvalue weighted by Crippen LogP contribution is -2.42. The maximum atomic E-state index is 13.5. The van der Waals surface area contributed by atoms with E-state index in [4.69, 9.17) is 15.6 Å². The van der Waals surface area contributed by atoms with Gasteiger partial charge in [0.1, 0.15) is 41.0 Å². The molecule has 2 N–H and O–H groups in total. The Morgan fingerprint density at radius 2 is 1.86 bits per heavy atom. The predicted octanol–water partition coefficient (Wildman–Crippen LogP) is 5.07. The zero-order valence-electron chi connectivity index (χ0n) is 24.5. The van der Waals surface area contributed by atoms with Crippen LogP contribution in [0.25, 0.3) is 22.3 Å². The Morgan fingerprint density at radius 3 is 2.55 bits per heavy atom. The lowest BCUT2D eigenvalue weighted by Gasteiger charge is -2.33. The average molecular weight is 565 g/mol. The van der Waals surface area contributed by atoms with Crippen molar-refractivity contribution in [1.29, 1.82) is 5.26 Å². The minimum Gasteiger partial charge on any atom is -0.457 e. The summed E-state index contributed by atoms with van der Waals surface area (Å²) in [5.41, 5.74) is 8.32. The highest BCUT2D eigenvalue weighted by atomic mass is 16.5. The number of benzene rings is 2. The molecule has 42 heavy (non-hydrogen) atoms. The van der Waals surface area contributed by atoms with E-state index < -0.39 is 0 Å². The van der Waals surface area contributed by atoms with Crippen molar-refractivity contribution in [3.63, 3.8) is 0 Å². The largest absolute Gasteiger partial charge is 0.457 e. The molecule has 1 aliphatic heterocycles. The van der Waals surface area contributed by atoms with Crippen molar-refractivity contribution in [2.24, 2.45) is 5.41 Å². The topological polar surface area (TPSA) is 126 Å². The summed E-state index contributed by atoms with van der Waals surface area (Å²) in [6.07, 6.45) is 4.81. The molecule has 1 amide bonds. The second-order valence-corrected chi connectivity index (χ2v) is 11.6. The molecule has 0 spiro atoms. The van der Waals surface area contributed by atoms with Crippen molar-refractivity contribution in [3.05, 3.63) is 72.6 Å². The molecule has 5 rings (SSSR count). The molecule has 0 bridgehead atoms. The number of likely N-dealkylation sites (tertiary alicyclic amines) is 1. The number of aromatic nitrogens is 4. The van der Waals surface area contributed by atoms with Gasteiger partial charge >= 0.3 is 0 Å². The molecule has 1 saturated heterocycles. The molecule has 2 aromatic carbocycles. The summed E-state index contributed by atoms with van der Waals surface area (Å²) < 4.78 is 7.81. The van der Waals surface area contributed by atoms with Gasteiger partial charge in [0.05, 0.1) is 11.4 Å². The van der Waals surface area contributed by atoms with Gasteiger partial charge in [0.25, 0.3) is 5.91 Å². The number of nitrogens with two attached hydrogens (primary N) is 1. The number of rotatable bonds is 8. The fraction of sp³-hybridized carbons (Fsp3) is 0.344. The summed E-state index contributed by atoms with van der Waals surface area (Å²) in [5.74, 6) is 1.54. The Labute approximate surface area is 246 Å². The van der Waals surface area contributed by atoms with Crippen LogP contribution in [0.2, 0.25) is 0 Å². The normalized spacial score (nSPS) is 16.0. The third kappa shape index (κ3) is 6.26. The van der Waals surface area contributed by atoms with Crippen LogP contribution in [0.3, 0.4) is 0 Å². The molecule has 216 valence electrons. The maximum absolute atomic E-state index is 13.5. The van der Waals surface area contributed by atoms with Gasteiger partial charge in [-0.05, 0) is 68.8 Å². The van der Waals surface area contributed by atoms with Gasteiger partial charge in [0, 0.05) is 25.2 Å². The van der Waals surface area contributed by atoms with Gasteiger partial charge in [0.2, 0.25) is 0 Å². The number of nitriles is 1. The molecular formula is C32H36N8O2. The highest BCUT2D eigenvalue weighted by Crippen LogP contribution is 2.35. The summed E-state index contributed by atoms with van der Waals surface area (Å²) in [6.45, 7) is 5.76. The van der Waals surface area contributed by atoms with Crippen molar-refractivity contribution < 1.29 is 9.53 Å². The van der Waals surface area contributed by atoms with E-state index in [1.165, 1.54) is 6.33 Å². The Balaban J connectivity index is 1.43. The van der Waals surface area contributed by atoms with E-state index in [2.05, 4.69) is 16.0 Å². The molecule has 3 heterocycles. The SMILES string of the molecule is CN(C)CC(C)(C)/C=C(\C#N)C(=O)N1CCC[C@@H](n2nc(-c3ccc(Oc4ccccc4)cc3)c3c(N)ncnc32)C1. The van der Waals surface area contributed by atoms with Crippen molar-refractivity contribution in [3.8, 4) is 28.8 Å². The number of fused-ring (bicyclic) bond motifs is 1. The second kappa shape index (κ2) is 12.0. The molecular weight excluding hydrogens is 528 g/mol. The van der Waals surface area contributed by atoms with Gasteiger partial charge < -0.3 is 20.3 Å². The molecule has 1 fully saturated rings. The van der Waals surface area contributed by atoms with Crippen LogP contribution in [-0.2, 0) is 4.79 Å². The minimum atomic E-state index is -0.331. The quantitative estimate of drug-likeness (QED) is 0.232. The fourth-order valence-electron chi connectivity index (χ4n) is 5.66. The van der Waals surface area contributed by atoms with E-state index in [-0.39, 0.29) is 22.9 Å². The van der Waals surface area contributed by atoms with E-state index in [9.17, 15) is 10.1 Å². The lowest BCUT2D eigenvalue weighted by molar-refractivity contribution is -0.128. The Kier molecular flexibility index (Phi) is 8.22. The number of nitrogen functional groups attached to an aromatic ring is 1. The zero-order valence-corrected chi connectivity index (χ0v) is 24.5. The minimum absolute atomic E-state index is 0.135. The van der Waals surface area contributed by atoms with Crippen LogP contribution in [0.5, 0.6) is 11.5 Å². The first-order valence-electron chi connectivity index (χ1n) is 14.0. The fourth-order valence-corrected chi connectivity index (χ4v) is 5.66. The van der Waals surface area contributed by atoms with Crippen molar-refractivity contribution in [2.75, 3.05) is 39.5 Å². The third-order valence-electron chi connectivity index (χ3n) is 7.26. The van der Waals surface area contributed by atoms with E-state index in [0.29, 0.717) is 41.4 Å². The van der Waals surface area contributed by atoms with E-state index >= 15 is 0 Å². The van der Waals surface area contributed by atoms with Gasteiger partial charge in [-0.1, -0.05) is 38.1 Å². The molecule has 4 aromatic rings. The molecule has 1 aliphatic rings. The van der Waals surface area contributed by atoms with Crippen LogP contribution in [0.4, 0.5) is 5.82 Å². The number of hydrogen-bond acceptors (Lipinski definition) is 8. The first kappa shape index (κ1) is 28.8. The first-order valence-corrected chi connectivity index (χ1v) is 14.0. The monoisotopic (exact) mass is 564 g/mol. The highest BCUT2D eigenvalue weighted by Gasteiger charge is 2.31. The van der Waals surface area contributed by atoms with E-state index in [1.807, 2.05) is 92.1 Å². The zero-order chi connectivity index (χ0) is 29.9. The number of carbonyl (C=O) groups excluding carboxylic acids is 1. The van der Waals surface area contributed by atoms with Gasteiger partial charge in [0.15, 0.2) is 5.65 Å². The van der Waals surface area contributed by atoms with Crippen LogP contribution in [0.1, 0.15) is 32.7 Å². The molecule has 0 unspecified atom stereocenters. The van der Waals surface area contributed by atoms with Crippen LogP contribution in [0, 0.1) is 16.7 Å². The number of nitrogens with zero attached hydrogens (tertiary/aromatic N) is 7. The number of piperidine rings is 1. The maximum Gasteiger partial charge on any atom is 0.264 e. The summed E-state index contributed by atoms with van der Waals surface area (Å²) in [5, 5.41) is 15.5. The number of para-hydroxylation sites is 1. The summed E-state index contributed by atoms with van der Waals surface area (Å²) in [7, 11) is 3.95. The van der Waals surface area contributed by atoms with Gasteiger partial charge in [-0.2, -0.15) is 10.4 Å².